The molecule has 0 unspecified atom stereocenters. The Kier molecular flexibility index (Phi) is 7.46. The number of nitro benzene ring substituents is 1. The lowest BCUT2D eigenvalue weighted by Crippen LogP contribution is -2.25. The van der Waals surface area contributed by atoms with Crippen molar-refractivity contribution in [3.8, 4) is 5.75 Å². The van der Waals surface area contributed by atoms with Crippen molar-refractivity contribution in [3.63, 3.8) is 0 Å². The maximum atomic E-state index is 12.4. The van der Waals surface area contributed by atoms with Gasteiger partial charge in [0.15, 0.2) is 5.75 Å². The fourth-order valence-corrected chi connectivity index (χ4v) is 3.53. The number of nitrogens with zero attached hydrogens (tertiary/aromatic N) is 1. The third kappa shape index (κ3) is 6.40. The van der Waals surface area contributed by atoms with Gasteiger partial charge in [-0.15, -0.1) is 6.58 Å². The molecule has 2 aromatic rings. The molecular formula is C19H21N3O6S. The zero-order chi connectivity index (χ0) is 21.4. The minimum atomic E-state index is -3.48. The summed E-state index contributed by atoms with van der Waals surface area (Å²) in [5.74, 6) is -0.658. The fraction of sp³-hybridized carbons (Fsp3) is 0.211. The van der Waals surface area contributed by atoms with Gasteiger partial charge in [-0.25, -0.2) is 13.1 Å². The van der Waals surface area contributed by atoms with E-state index in [1.807, 2.05) is 0 Å². The summed E-state index contributed by atoms with van der Waals surface area (Å²) in [5.41, 5.74) is 0.760. The molecule has 0 saturated heterocycles. The van der Waals surface area contributed by atoms with Gasteiger partial charge in [-0.3, -0.25) is 14.9 Å². The van der Waals surface area contributed by atoms with Crippen molar-refractivity contribution in [3.05, 3.63) is 76.4 Å². The molecule has 1 amide bonds. The highest BCUT2D eigenvalue weighted by molar-refractivity contribution is 7.88. The number of anilines is 1. The van der Waals surface area contributed by atoms with Crippen LogP contribution in [-0.2, 0) is 15.8 Å². The van der Waals surface area contributed by atoms with Crippen molar-refractivity contribution in [1.82, 2.24) is 4.72 Å². The van der Waals surface area contributed by atoms with Gasteiger partial charge in [-0.2, -0.15) is 0 Å². The molecule has 0 aliphatic rings. The molecule has 0 aliphatic carbocycles. The Balaban J connectivity index is 2.10. The van der Waals surface area contributed by atoms with Crippen LogP contribution < -0.4 is 14.8 Å². The van der Waals surface area contributed by atoms with Gasteiger partial charge in [0.2, 0.25) is 10.0 Å². The Morgan fingerprint density at radius 1 is 1.24 bits per heavy atom. The highest BCUT2D eigenvalue weighted by atomic mass is 32.2. The molecule has 0 aromatic heterocycles. The van der Waals surface area contributed by atoms with Crippen LogP contribution in [0.2, 0.25) is 0 Å². The summed E-state index contributed by atoms with van der Waals surface area (Å²) in [5, 5.41) is 13.8. The number of hydrogen-bond acceptors (Lipinski definition) is 6. The van der Waals surface area contributed by atoms with E-state index in [9.17, 15) is 23.3 Å². The summed E-state index contributed by atoms with van der Waals surface area (Å²) in [7, 11) is -3.48. The average Bonchev–Trinajstić information content (AvgIpc) is 2.68. The number of nitrogens with one attached hydrogen (secondary N) is 2. The quantitative estimate of drug-likeness (QED) is 0.346. The van der Waals surface area contributed by atoms with Crippen LogP contribution in [0.1, 0.15) is 22.8 Å². The molecule has 0 atom stereocenters. The normalized spacial score (nSPS) is 10.9. The molecule has 0 bridgehead atoms. The first kappa shape index (κ1) is 22.1. The fourth-order valence-electron chi connectivity index (χ4n) is 2.42. The molecule has 2 rings (SSSR count). The van der Waals surface area contributed by atoms with Crippen LogP contribution >= 0.6 is 0 Å². The topological polar surface area (TPSA) is 128 Å². The zero-order valence-electron chi connectivity index (χ0n) is 15.8. The molecule has 0 aliphatic heterocycles. The van der Waals surface area contributed by atoms with Crippen molar-refractivity contribution in [2.75, 3.05) is 18.5 Å². The van der Waals surface area contributed by atoms with Crippen molar-refractivity contribution >= 4 is 27.3 Å². The number of ether oxygens (including phenoxy) is 1. The minimum Gasteiger partial charge on any atom is -0.487 e. The average molecular weight is 419 g/mol. The van der Waals surface area contributed by atoms with Crippen molar-refractivity contribution in [2.45, 2.75) is 12.7 Å². The monoisotopic (exact) mass is 419 g/mol. The summed E-state index contributed by atoms with van der Waals surface area (Å²) in [6, 6.07) is 10.2. The highest BCUT2D eigenvalue weighted by Gasteiger charge is 2.19. The Morgan fingerprint density at radius 3 is 2.52 bits per heavy atom. The summed E-state index contributed by atoms with van der Waals surface area (Å²) < 4.78 is 31.3. The van der Waals surface area contributed by atoms with Gasteiger partial charge < -0.3 is 10.1 Å². The third-order valence-corrected chi connectivity index (χ3v) is 5.05. The predicted octanol–water partition coefficient (Wildman–Crippen LogP) is 2.85. The van der Waals surface area contributed by atoms with Crippen molar-refractivity contribution in [2.24, 2.45) is 0 Å². The summed E-state index contributed by atoms with van der Waals surface area (Å²) >= 11 is 0. The number of carbonyl (C=O) groups is 1. The Hall–Kier alpha value is -3.24. The van der Waals surface area contributed by atoms with E-state index in [0.29, 0.717) is 11.3 Å². The van der Waals surface area contributed by atoms with Gasteiger partial charge in [0.05, 0.1) is 17.3 Å². The predicted molar refractivity (Wildman–Crippen MR) is 109 cm³/mol. The molecular weight excluding hydrogens is 398 g/mol. The van der Waals surface area contributed by atoms with E-state index in [0.717, 1.165) is 6.07 Å². The lowest BCUT2D eigenvalue weighted by atomic mass is 10.1. The number of benzene rings is 2. The maximum Gasteiger partial charge on any atom is 0.311 e. The highest BCUT2D eigenvalue weighted by Crippen LogP contribution is 2.28. The molecule has 2 aromatic carbocycles. The molecule has 0 saturated carbocycles. The van der Waals surface area contributed by atoms with E-state index in [4.69, 9.17) is 4.74 Å². The van der Waals surface area contributed by atoms with Crippen molar-refractivity contribution < 1.29 is 22.9 Å². The van der Waals surface area contributed by atoms with E-state index in [2.05, 4.69) is 16.6 Å². The Morgan fingerprint density at radius 2 is 1.93 bits per heavy atom. The Labute approximate surface area is 168 Å². The first-order valence-electron chi connectivity index (χ1n) is 8.65. The molecule has 0 heterocycles. The molecule has 29 heavy (non-hydrogen) atoms. The van der Waals surface area contributed by atoms with Crippen LogP contribution in [0.5, 0.6) is 5.75 Å². The van der Waals surface area contributed by atoms with Gasteiger partial charge in [-0.1, -0.05) is 18.2 Å². The molecule has 2 N–H and O–H groups in total. The van der Waals surface area contributed by atoms with Crippen LogP contribution in [0, 0.1) is 10.1 Å². The largest absolute Gasteiger partial charge is 0.487 e. The number of hydrogen-bond donors (Lipinski definition) is 2. The summed E-state index contributed by atoms with van der Waals surface area (Å²) in [6.45, 7) is 5.56. The standard InChI is InChI=1S/C19H21N3O6S/c1-3-11-20-29(26,27)13-14-5-8-16(9-6-14)21-19(23)15-7-10-18(28-4-2)17(12-15)22(24)25/h3,5-10,12,20H,1,4,11,13H2,2H3,(H,21,23). The molecule has 0 radical (unpaired) electrons. The molecule has 0 fully saturated rings. The van der Waals surface area contributed by atoms with Crippen molar-refractivity contribution in [1.29, 1.82) is 0 Å². The second-order valence-corrected chi connectivity index (χ2v) is 7.73. The number of sulfonamides is 1. The second kappa shape index (κ2) is 9.80. The van der Waals surface area contributed by atoms with E-state index in [1.165, 1.54) is 18.2 Å². The molecule has 0 spiro atoms. The van der Waals surface area contributed by atoms with Gasteiger partial charge >= 0.3 is 5.69 Å². The van der Waals surface area contributed by atoms with E-state index < -0.39 is 20.9 Å². The summed E-state index contributed by atoms with van der Waals surface area (Å²) in [6.07, 6.45) is 1.45. The third-order valence-electron chi connectivity index (χ3n) is 3.73. The lowest BCUT2D eigenvalue weighted by Gasteiger charge is -2.09. The first-order chi connectivity index (χ1) is 13.8. The smallest absolute Gasteiger partial charge is 0.311 e. The Bertz CT molecular complexity index is 1000. The number of rotatable bonds is 10. The molecule has 9 nitrogen and oxygen atoms in total. The number of carbonyl (C=O) groups excluding carboxylic acids is 1. The number of nitro groups is 1. The first-order valence-corrected chi connectivity index (χ1v) is 10.3. The zero-order valence-corrected chi connectivity index (χ0v) is 16.6. The van der Waals surface area contributed by atoms with Gasteiger partial charge in [0.1, 0.15) is 0 Å². The summed E-state index contributed by atoms with van der Waals surface area (Å²) in [4.78, 5) is 23.0. The van der Waals surface area contributed by atoms with Crippen LogP contribution in [0.4, 0.5) is 11.4 Å². The molecule has 10 heteroatoms. The maximum absolute atomic E-state index is 12.4. The van der Waals surface area contributed by atoms with Crippen LogP contribution in [0.25, 0.3) is 0 Å². The van der Waals surface area contributed by atoms with Crippen LogP contribution in [-0.4, -0.2) is 32.4 Å². The SMILES string of the molecule is C=CCNS(=O)(=O)Cc1ccc(NC(=O)c2ccc(OCC)c([N+](=O)[O-])c2)cc1. The minimum absolute atomic E-state index is 0.0877. The number of amides is 1. The van der Waals surface area contributed by atoms with E-state index in [1.54, 1.807) is 31.2 Å². The van der Waals surface area contributed by atoms with Crippen LogP contribution in [0.3, 0.4) is 0 Å². The van der Waals surface area contributed by atoms with Crippen LogP contribution in [0.15, 0.2) is 55.1 Å². The van der Waals surface area contributed by atoms with Gasteiger partial charge in [0, 0.05) is 23.9 Å². The lowest BCUT2D eigenvalue weighted by molar-refractivity contribution is -0.385. The second-order valence-electron chi connectivity index (χ2n) is 5.92. The molecule has 154 valence electrons. The van der Waals surface area contributed by atoms with Gasteiger partial charge in [-0.05, 0) is 36.8 Å². The van der Waals surface area contributed by atoms with E-state index in [-0.39, 0.29) is 35.9 Å². The van der Waals surface area contributed by atoms with E-state index >= 15 is 0 Å². The van der Waals surface area contributed by atoms with Gasteiger partial charge in [0.25, 0.3) is 5.91 Å².